The van der Waals surface area contributed by atoms with E-state index in [-0.39, 0.29) is 0 Å². The van der Waals surface area contributed by atoms with Crippen LogP contribution in [0, 0.1) is 0 Å². The zero-order valence-corrected chi connectivity index (χ0v) is 10.7. The first kappa shape index (κ1) is 13.9. The van der Waals surface area contributed by atoms with Gasteiger partial charge in [0.25, 0.3) is 0 Å². The molecule has 19 heavy (non-hydrogen) atoms. The Bertz CT molecular complexity index is 431. The maximum atomic E-state index is 12.4. The molecule has 1 saturated heterocycles. The summed E-state index contributed by atoms with van der Waals surface area (Å²) in [5, 5.41) is 6.21. The van der Waals surface area contributed by atoms with Crippen LogP contribution in [0.1, 0.15) is 11.1 Å². The molecule has 2 rings (SSSR count). The van der Waals surface area contributed by atoms with E-state index in [9.17, 15) is 13.2 Å². The summed E-state index contributed by atoms with van der Waals surface area (Å²) in [5.74, 6) is 0. The van der Waals surface area contributed by atoms with Gasteiger partial charge in [0.2, 0.25) is 0 Å². The van der Waals surface area contributed by atoms with Gasteiger partial charge in [-0.1, -0.05) is 12.1 Å². The number of hydrogen-bond donors (Lipinski definition) is 0. The normalized spacial score (nSPS) is 18.2. The van der Waals surface area contributed by atoms with E-state index in [4.69, 9.17) is 0 Å². The predicted octanol–water partition coefficient (Wildman–Crippen LogP) is 2.29. The van der Waals surface area contributed by atoms with Crippen LogP contribution in [-0.2, 0) is 6.18 Å². The minimum absolute atomic E-state index is 0.635. The van der Waals surface area contributed by atoms with Crippen molar-refractivity contribution in [1.82, 2.24) is 9.91 Å². The molecule has 0 aliphatic carbocycles. The first-order valence-electron chi connectivity index (χ1n) is 6.10. The van der Waals surface area contributed by atoms with Crippen molar-refractivity contribution in [3.8, 4) is 0 Å². The quantitative estimate of drug-likeness (QED) is 0.769. The topological polar surface area (TPSA) is 18.8 Å². The second kappa shape index (κ2) is 5.61. The Morgan fingerprint density at radius 1 is 1.05 bits per heavy atom. The molecule has 1 fully saturated rings. The van der Waals surface area contributed by atoms with Gasteiger partial charge in [-0.3, -0.25) is 5.01 Å². The maximum absolute atomic E-state index is 12.4. The smallest absolute Gasteiger partial charge is 0.303 e. The average molecular weight is 271 g/mol. The molecule has 0 bridgehead atoms. The number of hydrazone groups is 1. The van der Waals surface area contributed by atoms with E-state index in [1.54, 1.807) is 6.21 Å². The van der Waals surface area contributed by atoms with Crippen LogP contribution >= 0.6 is 0 Å². The molecule has 1 aromatic carbocycles. The molecule has 0 radical (unpaired) electrons. The maximum Gasteiger partial charge on any atom is 0.416 e. The molecule has 3 nitrogen and oxygen atoms in total. The number of hydrogen-bond acceptors (Lipinski definition) is 3. The molecule has 6 heteroatoms. The Morgan fingerprint density at radius 2 is 1.63 bits per heavy atom. The Hall–Kier alpha value is -1.56. The van der Waals surface area contributed by atoms with Crippen LogP contribution in [0.2, 0.25) is 0 Å². The van der Waals surface area contributed by atoms with Crippen LogP contribution in [0.25, 0.3) is 0 Å². The van der Waals surface area contributed by atoms with Crippen LogP contribution in [0.4, 0.5) is 13.2 Å². The highest BCUT2D eigenvalue weighted by molar-refractivity contribution is 5.79. The number of likely N-dealkylation sites (N-methyl/N-ethyl adjacent to an activating group) is 1. The van der Waals surface area contributed by atoms with Gasteiger partial charge in [-0.15, -0.1) is 0 Å². The van der Waals surface area contributed by atoms with E-state index in [1.165, 1.54) is 12.1 Å². The summed E-state index contributed by atoms with van der Waals surface area (Å²) in [7, 11) is 2.05. The van der Waals surface area contributed by atoms with Crippen molar-refractivity contribution in [1.29, 1.82) is 0 Å². The summed E-state index contributed by atoms with van der Waals surface area (Å²) >= 11 is 0. The van der Waals surface area contributed by atoms with Crippen molar-refractivity contribution >= 4 is 6.21 Å². The van der Waals surface area contributed by atoms with Crippen molar-refractivity contribution in [2.75, 3.05) is 33.2 Å². The molecule has 1 heterocycles. The van der Waals surface area contributed by atoms with Crippen LogP contribution in [0.5, 0.6) is 0 Å². The second-order valence-corrected chi connectivity index (χ2v) is 4.62. The fourth-order valence-electron chi connectivity index (χ4n) is 1.82. The molecule has 0 aromatic heterocycles. The molecular formula is C13H16F3N3. The highest BCUT2D eigenvalue weighted by Crippen LogP contribution is 2.28. The molecule has 0 N–H and O–H groups in total. The Balaban J connectivity index is 1.96. The fraction of sp³-hybridized carbons (Fsp3) is 0.462. The van der Waals surface area contributed by atoms with Gasteiger partial charge >= 0.3 is 6.18 Å². The number of alkyl halides is 3. The molecule has 0 unspecified atom stereocenters. The van der Waals surface area contributed by atoms with E-state index >= 15 is 0 Å². The van der Waals surface area contributed by atoms with E-state index in [2.05, 4.69) is 17.0 Å². The molecule has 0 amide bonds. The van der Waals surface area contributed by atoms with Gasteiger partial charge in [-0.25, -0.2) is 0 Å². The van der Waals surface area contributed by atoms with Crippen molar-refractivity contribution in [3.63, 3.8) is 0 Å². The summed E-state index contributed by atoms with van der Waals surface area (Å²) in [6.07, 6.45) is -2.68. The third kappa shape index (κ3) is 3.96. The fourth-order valence-corrected chi connectivity index (χ4v) is 1.82. The van der Waals surface area contributed by atoms with Gasteiger partial charge in [0.1, 0.15) is 0 Å². The lowest BCUT2D eigenvalue weighted by Crippen LogP contribution is -2.41. The van der Waals surface area contributed by atoms with Crippen LogP contribution in [0.15, 0.2) is 29.4 Å². The summed E-state index contributed by atoms with van der Waals surface area (Å²) < 4.78 is 37.2. The highest BCUT2D eigenvalue weighted by atomic mass is 19.4. The minimum atomic E-state index is -4.28. The lowest BCUT2D eigenvalue weighted by atomic mass is 10.1. The van der Waals surface area contributed by atoms with Gasteiger partial charge < -0.3 is 4.90 Å². The van der Waals surface area contributed by atoms with Crippen LogP contribution in [-0.4, -0.2) is 49.4 Å². The molecule has 1 aromatic rings. The van der Waals surface area contributed by atoms with Gasteiger partial charge in [0, 0.05) is 26.2 Å². The molecule has 0 spiro atoms. The number of nitrogens with zero attached hydrogens (tertiary/aromatic N) is 3. The third-order valence-corrected chi connectivity index (χ3v) is 3.09. The minimum Gasteiger partial charge on any atom is -0.303 e. The number of benzene rings is 1. The third-order valence-electron chi connectivity index (χ3n) is 3.09. The summed E-state index contributed by atoms with van der Waals surface area (Å²) in [6, 6.07) is 5.02. The predicted molar refractivity (Wildman–Crippen MR) is 68.1 cm³/mol. The first-order chi connectivity index (χ1) is 8.95. The summed E-state index contributed by atoms with van der Waals surface area (Å²) in [6.45, 7) is 3.58. The van der Waals surface area contributed by atoms with E-state index < -0.39 is 11.7 Å². The molecule has 1 aliphatic rings. The van der Waals surface area contributed by atoms with Gasteiger partial charge in [-0.2, -0.15) is 18.3 Å². The molecule has 0 atom stereocenters. The van der Waals surface area contributed by atoms with Crippen molar-refractivity contribution in [3.05, 3.63) is 35.4 Å². The zero-order valence-electron chi connectivity index (χ0n) is 10.7. The number of piperazine rings is 1. The highest BCUT2D eigenvalue weighted by Gasteiger charge is 2.29. The van der Waals surface area contributed by atoms with Crippen molar-refractivity contribution in [2.45, 2.75) is 6.18 Å². The van der Waals surface area contributed by atoms with E-state index in [0.29, 0.717) is 5.56 Å². The van der Waals surface area contributed by atoms with Crippen molar-refractivity contribution < 1.29 is 13.2 Å². The number of halogens is 3. The SMILES string of the molecule is CN1CCN(/N=C/c2ccc(C(F)(F)F)cc2)CC1. The zero-order chi connectivity index (χ0) is 13.9. The van der Waals surface area contributed by atoms with E-state index in [0.717, 1.165) is 38.3 Å². The molecular weight excluding hydrogens is 255 g/mol. The monoisotopic (exact) mass is 271 g/mol. The summed E-state index contributed by atoms with van der Waals surface area (Å²) in [4.78, 5) is 2.21. The van der Waals surface area contributed by atoms with Gasteiger partial charge in [0.15, 0.2) is 0 Å². The molecule has 104 valence electrons. The van der Waals surface area contributed by atoms with Crippen LogP contribution < -0.4 is 0 Å². The lowest BCUT2D eigenvalue weighted by Gasteiger charge is -2.30. The van der Waals surface area contributed by atoms with Gasteiger partial charge in [0.05, 0.1) is 11.8 Å². The van der Waals surface area contributed by atoms with Crippen LogP contribution in [0.3, 0.4) is 0 Å². The largest absolute Gasteiger partial charge is 0.416 e. The lowest BCUT2D eigenvalue weighted by molar-refractivity contribution is -0.137. The molecule has 0 saturated carbocycles. The van der Waals surface area contributed by atoms with Crippen molar-refractivity contribution in [2.24, 2.45) is 5.10 Å². The van der Waals surface area contributed by atoms with E-state index in [1.807, 2.05) is 5.01 Å². The Kier molecular flexibility index (Phi) is 4.09. The van der Waals surface area contributed by atoms with Gasteiger partial charge in [-0.05, 0) is 24.7 Å². The first-order valence-corrected chi connectivity index (χ1v) is 6.10. The summed E-state index contributed by atoms with van der Waals surface area (Å²) in [5.41, 5.74) is 0.0381. The molecule has 1 aliphatic heterocycles. The second-order valence-electron chi connectivity index (χ2n) is 4.62. The number of rotatable bonds is 2. The Labute approximate surface area is 110 Å². The standard InChI is InChI=1S/C13H16F3N3/c1-18-6-8-19(9-7-18)17-10-11-2-4-12(5-3-11)13(14,15)16/h2-5,10H,6-9H2,1H3/b17-10+. The Morgan fingerprint density at radius 3 is 2.16 bits per heavy atom. The average Bonchev–Trinajstić information content (AvgIpc) is 2.37.